The van der Waals surface area contributed by atoms with E-state index in [4.69, 9.17) is 21.9 Å². The monoisotopic (exact) mass is 1020 g/mol. The van der Waals surface area contributed by atoms with Gasteiger partial charge < -0.3 is 9.80 Å². The van der Waals surface area contributed by atoms with Crippen molar-refractivity contribution in [3.8, 4) is 44.5 Å². The van der Waals surface area contributed by atoms with Crippen LogP contribution in [-0.2, 0) is 0 Å². The third kappa shape index (κ3) is 7.96. The predicted molar refractivity (Wildman–Crippen MR) is 335 cm³/mol. The molecule has 0 aliphatic carbocycles. The van der Waals surface area contributed by atoms with Crippen molar-refractivity contribution in [2.24, 2.45) is 0 Å². The fraction of sp³-hybridized carbons (Fsp3) is 0.0526. The summed E-state index contributed by atoms with van der Waals surface area (Å²) in [6.07, 6.45) is 0. The van der Waals surface area contributed by atoms with E-state index >= 15 is 0 Å². The van der Waals surface area contributed by atoms with Crippen molar-refractivity contribution in [2.45, 2.75) is 27.7 Å². The topological polar surface area (TPSA) is 6.48 Å². The number of benzene rings is 14. The second kappa shape index (κ2) is 19.1. The molecule has 0 aliphatic heterocycles. The average Bonchev–Trinajstić information content (AvgIpc) is 0.713. The van der Waals surface area contributed by atoms with Crippen LogP contribution >= 0.6 is 0 Å². The van der Waals surface area contributed by atoms with Gasteiger partial charge in [0.2, 0.25) is 0 Å². The molecule has 0 N–H and O–H groups in total. The van der Waals surface area contributed by atoms with Crippen molar-refractivity contribution in [3.05, 3.63) is 289 Å². The lowest BCUT2D eigenvalue weighted by Crippen LogP contribution is -2.15. The highest BCUT2D eigenvalue weighted by Crippen LogP contribution is 2.53. The second-order valence-electron chi connectivity index (χ2n) is 19.6. The Balaban J connectivity index is 1.12. The predicted octanol–water partition coefficient (Wildman–Crippen LogP) is 21.7. The van der Waals surface area contributed by atoms with Crippen LogP contribution in [0.15, 0.2) is 266 Å². The van der Waals surface area contributed by atoms with Crippen molar-refractivity contribution in [3.63, 3.8) is 0 Å². The molecule has 0 heterocycles. The summed E-state index contributed by atoms with van der Waals surface area (Å²) in [4.78, 5) is 4.01. The van der Waals surface area contributed by atoms with Crippen LogP contribution in [-0.4, -0.2) is 0 Å². The van der Waals surface area contributed by atoms with E-state index in [1.165, 1.54) is 0 Å². The summed E-state index contributed by atoms with van der Waals surface area (Å²) in [6.45, 7) is 7.82. The van der Waals surface area contributed by atoms with E-state index in [1.54, 1.807) is 60.7 Å². The molecule has 0 aromatic heterocycles. The van der Waals surface area contributed by atoms with E-state index in [2.05, 4.69) is 0 Å². The van der Waals surface area contributed by atoms with Gasteiger partial charge in [-0.1, -0.05) is 241 Å². The molecule has 78 heavy (non-hydrogen) atoms. The molecule has 2 heteroatoms. The Hall–Kier alpha value is -9.76. The van der Waals surface area contributed by atoms with E-state index in [9.17, 15) is 5.48 Å². The van der Waals surface area contributed by atoms with Gasteiger partial charge in [0.25, 0.3) is 0 Å². The molecule has 0 saturated heterocycles. The Morgan fingerprint density at radius 2 is 0.603 bits per heavy atom. The number of aryl methyl sites for hydroxylation is 4. The van der Waals surface area contributed by atoms with Crippen molar-refractivity contribution < 1.29 is 27.4 Å². The molecule has 370 valence electrons. The number of hydrogen-bond donors (Lipinski definition) is 0. The molecular formula is C76H56N2. The van der Waals surface area contributed by atoms with Crippen LogP contribution in [0.1, 0.15) is 49.7 Å². The van der Waals surface area contributed by atoms with Crippen LogP contribution in [0.3, 0.4) is 0 Å². The molecule has 0 atom stereocenters. The van der Waals surface area contributed by atoms with Crippen molar-refractivity contribution >= 4 is 88.0 Å². The van der Waals surface area contributed by atoms with Crippen molar-refractivity contribution in [1.29, 1.82) is 0 Å². The van der Waals surface area contributed by atoms with Crippen LogP contribution in [0.4, 0.5) is 34.1 Å². The molecule has 0 radical (unpaired) electrons. The zero-order valence-electron chi connectivity index (χ0n) is 62.8. The Morgan fingerprint density at radius 3 is 0.987 bits per heavy atom. The Morgan fingerprint density at radius 1 is 0.269 bits per heavy atom. The van der Waals surface area contributed by atoms with E-state index in [1.807, 2.05) is 122 Å². The third-order valence-corrected chi connectivity index (χ3v) is 14.8. The maximum Gasteiger partial charge on any atom is 0.0629 e. The zero-order valence-corrected chi connectivity index (χ0v) is 42.8. The lowest BCUT2D eigenvalue weighted by molar-refractivity contribution is 1.26. The average molecular weight is 1020 g/mol. The summed E-state index contributed by atoms with van der Waals surface area (Å²) >= 11 is 0. The van der Waals surface area contributed by atoms with Gasteiger partial charge in [0, 0.05) is 44.0 Å². The van der Waals surface area contributed by atoms with Crippen LogP contribution in [0.2, 0.25) is 0 Å². The molecular weight excluding hydrogens is 941 g/mol. The SMILES string of the molecule is [2H]c1c([2H])c([2H])c(-c2ccc3ccc(-c4c([2H])c([2H])c([2H])c([2H])c4[2H])c(N(c4ccc(C)cc4C)c4ccc5ccc6c(N(c7ccc(C)cc7C)c7c(-c8c([2H])c([2H])c([2H])c([2H])c8[2H])ccc8ccc(-c9c([2H])c([2H])c([2H])c([2H])c9[2H])cc78)ccc7ccc4c5c76)c3c2)c([2H])c1[2H]. The molecule has 14 aromatic rings. The Bertz CT molecular complexity index is 5370. The van der Waals surface area contributed by atoms with E-state index in [0.717, 1.165) is 43.8 Å². The standard InChI is InChI=1S/C76H56N2/c1-49-25-41-69(51(3)45-49)77(75-63(55-21-13-7-14-22-55)37-31-57-27-29-61(47-67(57)75)53-17-9-5-10-18-53)71-43-35-59-34-40-66-72(44-36-60-33-39-65(71)73(59)74(60)66)78(70-42-26-50(2)46-52(70)4)76-64(56-23-15-8-16-24-56)38-32-58-28-30-62(48-68(58)76)54-19-11-6-12-20-54/h5-48H,1-4H3/i5D,6D,7D,8D,9D,10D,11D,12D,13D,14D,15D,16D,17D,18D,19D,20D,21D,22D,23D,24D. The number of anilines is 6. The zero-order chi connectivity index (χ0) is 69.8. The summed E-state index contributed by atoms with van der Waals surface area (Å²) in [5, 5.41) is 6.62. The largest absolute Gasteiger partial charge is 0.308 e. The first kappa shape index (κ1) is 30.1. The minimum absolute atomic E-state index is 0.0676. The maximum atomic E-state index is 9.54. The molecule has 0 saturated carbocycles. The first-order chi connectivity index (χ1) is 46.6. The third-order valence-electron chi connectivity index (χ3n) is 14.8. The van der Waals surface area contributed by atoms with E-state index in [0.29, 0.717) is 66.4 Å². The van der Waals surface area contributed by atoms with Gasteiger partial charge in [0.1, 0.15) is 0 Å². The number of hydrogen-bond acceptors (Lipinski definition) is 2. The summed E-state index contributed by atoms with van der Waals surface area (Å²) < 4.78 is 180. The highest BCUT2D eigenvalue weighted by Gasteiger charge is 2.28. The van der Waals surface area contributed by atoms with Gasteiger partial charge >= 0.3 is 0 Å². The van der Waals surface area contributed by atoms with E-state index < -0.39 is 121 Å². The van der Waals surface area contributed by atoms with Crippen LogP contribution < -0.4 is 9.80 Å². The van der Waals surface area contributed by atoms with Crippen LogP contribution in [0.5, 0.6) is 0 Å². The van der Waals surface area contributed by atoms with Gasteiger partial charge in [0.15, 0.2) is 0 Å². The van der Waals surface area contributed by atoms with Crippen molar-refractivity contribution in [2.75, 3.05) is 9.80 Å². The van der Waals surface area contributed by atoms with Gasteiger partial charge in [-0.05, 0) is 141 Å². The minimum atomic E-state index is -0.591. The molecule has 0 fully saturated rings. The summed E-state index contributed by atoms with van der Waals surface area (Å²) in [7, 11) is 0. The van der Waals surface area contributed by atoms with Gasteiger partial charge in [-0.25, -0.2) is 0 Å². The van der Waals surface area contributed by atoms with Gasteiger partial charge in [-0.3, -0.25) is 0 Å². The van der Waals surface area contributed by atoms with Crippen LogP contribution in [0, 0.1) is 27.7 Å². The molecule has 0 bridgehead atoms. The van der Waals surface area contributed by atoms with Gasteiger partial charge in [0.05, 0.1) is 50.2 Å². The molecule has 0 unspecified atom stereocenters. The first-order valence-corrected chi connectivity index (χ1v) is 25.5. The molecule has 0 aliphatic rings. The van der Waals surface area contributed by atoms with Crippen molar-refractivity contribution in [1.82, 2.24) is 0 Å². The van der Waals surface area contributed by atoms with Gasteiger partial charge in [-0.2, -0.15) is 0 Å². The molecule has 0 amide bonds. The molecule has 0 spiro atoms. The molecule has 14 aromatic carbocycles. The smallest absolute Gasteiger partial charge is 0.0629 e. The fourth-order valence-electron chi connectivity index (χ4n) is 11.4. The van der Waals surface area contributed by atoms with E-state index in [-0.39, 0.29) is 44.5 Å². The quantitative estimate of drug-likeness (QED) is 0.126. The van der Waals surface area contributed by atoms with Gasteiger partial charge in [-0.15, -0.1) is 0 Å². The summed E-state index contributed by atoms with van der Waals surface area (Å²) in [5.41, 5.74) is 7.14. The first-order valence-electron chi connectivity index (χ1n) is 35.5. The minimum Gasteiger partial charge on any atom is -0.308 e. The lowest BCUT2D eigenvalue weighted by atomic mass is 9.90. The highest BCUT2D eigenvalue weighted by molar-refractivity contribution is 6.29. The Labute approximate surface area is 484 Å². The Kier molecular flexibility index (Phi) is 7.38. The summed E-state index contributed by atoms with van der Waals surface area (Å²) in [5.74, 6) is 0. The summed E-state index contributed by atoms with van der Waals surface area (Å²) in [6, 6.07) is 34.7. The molecule has 14 rings (SSSR count). The normalized spacial score (nSPS) is 15.2. The second-order valence-corrected chi connectivity index (χ2v) is 19.6. The number of fused-ring (bicyclic) bond motifs is 2. The number of nitrogens with zero attached hydrogens (tertiary/aromatic N) is 2. The lowest BCUT2D eigenvalue weighted by Gasteiger charge is -2.33. The van der Waals surface area contributed by atoms with Crippen LogP contribution in [0.25, 0.3) is 98.4 Å². The maximum absolute atomic E-state index is 9.54. The molecule has 2 nitrogen and oxygen atoms in total. The highest BCUT2D eigenvalue weighted by atomic mass is 15.2. The fourth-order valence-corrected chi connectivity index (χ4v) is 11.4. The number of rotatable bonds is 10.